The molecule has 0 aromatic heterocycles. The van der Waals surface area contributed by atoms with E-state index in [0.29, 0.717) is 19.3 Å². The number of unbranched alkanes of at least 4 members (excludes halogenated alkanes) is 27. The van der Waals surface area contributed by atoms with Crippen molar-refractivity contribution < 1.29 is 28.6 Å². The van der Waals surface area contributed by atoms with Gasteiger partial charge in [0.15, 0.2) is 6.10 Å². The van der Waals surface area contributed by atoms with Crippen molar-refractivity contribution in [3.8, 4) is 0 Å². The van der Waals surface area contributed by atoms with Crippen LogP contribution in [0.25, 0.3) is 0 Å². The van der Waals surface area contributed by atoms with Crippen LogP contribution in [-0.4, -0.2) is 37.2 Å². The van der Waals surface area contributed by atoms with Gasteiger partial charge >= 0.3 is 17.9 Å². The van der Waals surface area contributed by atoms with Gasteiger partial charge in [0.1, 0.15) is 13.2 Å². The Hall–Kier alpha value is -3.67. The second-order valence-corrected chi connectivity index (χ2v) is 19.9. The van der Waals surface area contributed by atoms with Gasteiger partial charge in [0.2, 0.25) is 0 Å². The molecule has 0 aliphatic rings. The molecule has 0 aromatic carbocycles. The average Bonchev–Trinajstić information content (AvgIpc) is 3.38. The van der Waals surface area contributed by atoms with E-state index in [1.807, 2.05) is 0 Å². The molecule has 72 heavy (non-hydrogen) atoms. The maximum absolute atomic E-state index is 12.8. The Balaban J connectivity index is 4.25. The van der Waals surface area contributed by atoms with Crippen LogP contribution in [0.3, 0.4) is 0 Å². The van der Waals surface area contributed by atoms with Gasteiger partial charge in [-0.05, 0) is 83.5 Å². The molecule has 0 heterocycles. The molecule has 0 saturated heterocycles. The predicted octanol–water partition coefficient (Wildman–Crippen LogP) is 20.5. The SMILES string of the molecule is CC/C=C\C/C=C\C/C=C\C/C=C\C/C=C\C/C=C\C/C=C\C/C=C\CCCCCCC(=O)OCC(COC(=O)CCCCCCCCCC)OC(=O)CCCCCCCCCCCCCCCCCCC. The number of allylic oxidation sites excluding steroid dienone is 16. The van der Waals surface area contributed by atoms with Crippen LogP contribution in [-0.2, 0) is 28.6 Å². The minimum absolute atomic E-state index is 0.0826. The Morgan fingerprint density at radius 1 is 0.292 bits per heavy atom. The van der Waals surface area contributed by atoms with Crippen molar-refractivity contribution in [2.45, 2.75) is 290 Å². The van der Waals surface area contributed by atoms with E-state index < -0.39 is 6.10 Å². The highest BCUT2D eigenvalue weighted by atomic mass is 16.6. The van der Waals surface area contributed by atoms with Crippen LogP contribution in [0.1, 0.15) is 284 Å². The molecule has 0 aliphatic heterocycles. The summed E-state index contributed by atoms with van der Waals surface area (Å²) in [5.41, 5.74) is 0. The van der Waals surface area contributed by atoms with Crippen molar-refractivity contribution in [2.24, 2.45) is 0 Å². The summed E-state index contributed by atoms with van der Waals surface area (Å²) in [5, 5.41) is 0. The minimum Gasteiger partial charge on any atom is -0.462 e. The normalized spacial score (nSPS) is 12.8. The van der Waals surface area contributed by atoms with Gasteiger partial charge in [0, 0.05) is 19.3 Å². The predicted molar refractivity (Wildman–Crippen MR) is 311 cm³/mol. The van der Waals surface area contributed by atoms with E-state index in [1.54, 1.807) is 0 Å². The first-order valence-corrected chi connectivity index (χ1v) is 30.2. The van der Waals surface area contributed by atoms with Crippen LogP contribution < -0.4 is 0 Å². The average molecular weight is 1000 g/mol. The fourth-order valence-corrected chi connectivity index (χ4v) is 8.34. The van der Waals surface area contributed by atoms with Crippen molar-refractivity contribution in [1.82, 2.24) is 0 Å². The number of hydrogen-bond donors (Lipinski definition) is 0. The molecule has 1 unspecified atom stereocenters. The molecule has 6 nitrogen and oxygen atoms in total. The van der Waals surface area contributed by atoms with Gasteiger partial charge in [-0.15, -0.1) is 0 Å². The van der Waals surface area contributed by atoms with Gasteiger partial charge in [0.25, 0.3) is 0 Å². The molecule has 6 heteroatoms. The molecule has 0 aromatic rings. The van der Waals surface area contributed by atoms with E-state index in [4.69, 9.17) is 14.2 Å². The quantitative estimate of drug-likeness (QED) is 0.0261. The number of hydrogen-bond acceptors (Lipinski definition) is 6. The number of ether oxygens (including phenoxy) is 3. The third kappa shape index (κ3) is 57.2. The smallest absolute Gasteiger partial charge is 0.306 e. The lowest BCUT2D eigenvalue weighted by atomic mass is 10.0. The summed E-state index contributed by atoms with van der Waals surface area (Å²) in [6, 6.07) is 0. The molecule has 0 fully saturated rings. The summed E-state index contributed by atoms with van der Waals surface area (Å²) >= 11 is 0. The molecule has 1 atom stereocenters. The maximum atomic E-state index is 12.8. The minimum atomic E-state index is -0.784. The van der Waals surface area contributed by atoms with E-state index in [0.717, 1.165) is 122 Å². The van der Waals surface area contributed by atoms with Gasteiger partial charge in [-0.1, -0.05) is 279 Å². The van der Waals surface area contributed by atoms with Crippen molar-refractivity contribution in [3.05, 3.63) is 97.2 Å². The Labute approximate surface area is 445 Å². The van der Waals surface area contributed by atoms with Gasteiger partial charge in [0.05, 0.1) is 0 Å². The van der Waals surface area contributed by atoms with Crippen molar-refractivity contribution >= 4 is 17.9 Å². The summed E-state index contributed by atoms with van der Waals surface area (Å²) in [6.45, 7) is 6.49. The zero-order valence-corrected chi connectivity index (χ0v) is 47.2. The first-order chi connectivity index (χ1) is 35.5. The van der Waals surface area contributed by atoms with Crippen LogP contribution in [0.15, 0.2) is 97.2 Å². The highest BCUT2D eigenvalue weighted by molar-refractivity contribution is 5.71. The highest BCUT2D eigenvalue weighted by Gasteiger charge is 2.19. The van der Waals surface area contributed by atoms with Crippen LogP contribution in [0.4, 0.5) is 0 Å². The second kappa shape index (κ2) is 59.9. The van der Waals surface area contributed by atoms with Gasteiger partial charge in [-0.2, -0.15) is 0 Å². The molecular formula is C66H112O6. The number of esters is 3. The summed E-state index contributed by atoms with van der Waals surface area (Å²) < 4.78 is 16.8. The topological polar surface area (TPSA) is 78.9 Å². The molecule has 0 spiro atoms. The highest BCUT2D eigenvalue weighted by Crippen LogP contribution is 2.16. The number of carbonyl (C=O) groups is 3. The zero-order valence-electron chi connectivity index (χ0n) is 47.2. The lowest BCUT2D eigenvalue weighted by Gasteiger charge is -2.18. The molecular weight excluding hydrogens is 889 g/mol. The molecule has 0 radical (unpaired) electrons. The second-order valence-electron chi connectivity index (χ2n) is 19.9. The van der Waals surface area contributed by atoms with Gasteiger partial charge in [-0.25, -0.2) is 0 Å². The Bertz CT molecular complexity index is 1430. The number of carbonyl (C=O) groups excluding carboxylic acids is 3. The Morgan fingerprint density at radius 3 is 0.847 bits per heavy atom. The van der Waals surface area contributed by atoms with Crippen LogP contribution in [0.2, 0.25) is 0 Å². The van der Waals surface area contributed by atoms with Gasteiger partial charge < -0.3 is 14.2 Å². The van der Waals surface area contributed by atoms with Crippen molar-refractivity contribution in [3.63, 3.8) is 0 Å². The summed E-state index contributed by atoms with van der Waals surface area (Å²) in [4.78, 5) is 38.0. The molecule has 0 saturated carbocycles. The van der Waals surface area contributed by atoms with E-state index in [-0.39, 0.29) is 31.1 Å². The fraction of sp³-hybridized carbons (Fsp3) is 0.712. The van der Waals surface area contributed by atoms with Gasteiger partial charge in [-0.3, -0.25) is 14.4 Å². The molecule has 0 N–H and O–H groups in total. The lowest BCUT2D eigenvalue weighted by molar-refractivity contribution is -0.167. The molecule has 0 rings (SSSR count). The molecule has 0 aliphatic carbocycles. The molecule has 0 amide bonds. The largest absolute Gasteiger partial charge is 0.462 e. The monoisotopic (exact) mass is 1000 g/mol. The molecule has 412 valence electrons. The lowest BCUT2D eigenvalue weighted by Crippen LogP contribution is -2.30. The third-order valence-corrected chi connectivity index (χ3v) is 12.9. The standard InChI is InChI=1S/C66H112O6/c1-4-7-10-13-16-19-21-23-25-27-28-29-30-31-32-33-34-35-36-37-38-40-41-43-45-47-50-53-56-59-65(68)71-62-63(61-70-64(67)58-55-52-49-18-15-12-9-6-3)72-66(69)60-57-54-51-48-46-44-42-39-26-24-22-20-17-14-11-8-5-2/h7,10,16,19,23,25,28-29,31-32,34-35,37-38,41,43,63H,4-6,8-9,11-15,17-18,20-22,24,26-27,30,33,36,39-40,42,44-62H2,1-3H3/b10-7-,19-16-,25-23-,29-28-,32-31-,35-34-,38-37-,43-41-. The van der Waals surface area contributed by atoms with E-state index in [9.17, 15) is 14.4 Å². The van der Waals surface area contributed by atoms with Crippen molar-refractivity contribution in [2.75, 3.05) is 13.2 Å². The molecule has 0 bridgehead atoms. The Kier molecular flexibility index (Phi) is 56.8. The zero-order chi connectivity index (χ0) is 52.2. The Morgan fingerprint density at radius 2 is 0.542 bits per heavy atom. The first-order valence-electron chi connectivity index (χ1n) is 30.2. The van der Waals surface area contributed by atoms with E-state index >= 15 is 0 Å². The summed E-state index contributed by atoms with van der Waals surface area (Å²) in [6.07, 6.45) is 79.9. The van der Waals surface area contributed by atoms with E-state index in [2.05, 4.69) is 118 Å². The summed E-state index contributed by atoms with van der Waals surface area (Å²) in [5.74, 6) is -0.906. The number of rotatable bonds is 54. The first kappa shape index (κ1) is 68.3. The van der Waals surface area contributed by atoms with E-state index in [1.165, 1.54) is 122 Å². The van der Waals surface area contributed by atoms with Crippen LogP contribution in [0, 0.1) is 0 Å². The fourth-order valence-electron chi connectivity index (χ4n) is 8.34. The van der Waals surface area contributed by atoms with Crippen LogP contribution >= 0.6 is 0 Å². The maximum Gasteiger partial charge on any atom is 0.306 e. The summed E-state index contributed by atoms with van der Waals surface area (Å²) in [7, 11) is 0. The third-order valence-electron chi connectivity index (χ3n) is 12.9. The van der Waals surface area contributed by atoms with Crippen LogP contribution in [0.5, 0.6) is 0 Å². The van der Waals surface area contributed by atoms with Crippen molar-refractivity contribution in [1.29, 1.82) is 0 Å².